The second-order valence-corrected chi connectivity index (χ2v) is 8.30. The fourth-order valence-corrected chi connectivity index (χ4v) is 4.64. The first-order chi connectivity index (χ1) is 11.2. The van der Waals surface area contributed by atoms with Crippen LogP contribution in [0.25, 0.3) is 6.08 Å². The zero-order valence-corrected chi connectivity index (χ0v) is 15.7. The van der Waals surface area contributed by atoms with E-state index in [9.17, 15) is 9.59 Å². The zero-order chi connectivity index (χ0) is 17.6. The number of thioether (sulfide) groups is 1. The van der Waals surface area contributed by atoms with Crippen molar-refractivity contribution in [3.8, 4) is 0 Å². The van der Waals surface area contributed by atoms with Gasteiger partial charge in [-0.1, -0.05) is 6.92 Å². The third-order valence-electron chi connectivity index (χ3n) is 5.02. The fourth-order valence-electron chi connectivity index (χ4n) is 3.97. The minimum Gasteiger partial charge on any atom is -0.366 e. The van der Waals surface area contributed by atoms with Gasteiger partial charge in [-0.05, 0) is 86.7 Å². The topological polar surface area (TPSA) is 49.4 Å². The molecular formula is C19H24N2O2S. The van der Waals surface area contributed by atoms with Gasteiger partial charge in [0.1, 0.15) is 0 Å². The number of nitrogens with one attached hydrogen (secondary N) is 1. The number of fused-ring (bicyclic) bond motifs is 1. The molecule has 2 heterocycles. The van der Waals surface area contributed by atoms with Crippen molar-refractivity contribution >= 4 is 34.7 Å². The van der Waals surface area contributed by atoms with E-state index in [-0.39, 0.29) is 16.7 Å². The molecule has 1 saturated heterocycles. The number of aryl methyl sites for hydroxylation is 1. The van der Waals surface area contributed by atoms with Gasteiger partial charge in [0.05, 0.1) is 4.91 Å². The lowest BCUT2D eigenvalue weighted by Crippen LogP contribution is -2.48. The van der Waals surface area contributed by atoms with Crippen LogP contribution >= 0.6 is 11.8 Å². The Morgan fingerprint density at radius 3 is 2.67 bits per heavy atom. The molecule has 128 valence electrons. The summed E-state index contributed by atoms with van der Waals surface area (Å²) in [5.74, 6) is 0.161. The molecule has 0 aromatic heterocycles. The molecule has 0 saturated carbocycles. The van der Waals surface area contributed by atoms with Gasteiger partial charge in [-0.2, -0.15) is 0 Å². The molecule has 1 N–H and O–H groups in total. The Bertz CT molecular complexity index is 752. The summed E-state index contributed by atoms with van der Waals surface area (Å²) in [6.07, 6.45) is 2.93. The van der Waals surface area contributed by atoms with E-state index in [1.807, 2.05) is 6.08 Å². The summed E-state index contributed by atoms with van der Waals surface area (Å²) < 4.78 is 0. The van der Waals surface area contributed by atoms with Crippen LogP contribution in [0.4, 0.5) is 10.5 Å². The summed E-state index contributed by atoms with van der Waals surface area (Å²) in [5, 5.41) is 2.02. The summed E-state index contributed by atoms with van der Waals surface area (Å²) in [7, 11) is 0. The molecular weight excluding hydrogens is 320 g/mol. The van der Waals surface area contributed by atoms with Crippen LogP contribution in [0, 0.1) is 6.92 Å². The van der Waals surface area contributed by atoms with Gasteiger partial charge >= 0.3 is 0 Å². The van der Waals surface area contributed by atoms with E-state index in [2.05, 4.69) is 57.0 Å². The molecule has 0 aliphatic carbocycles. The number of carbonyl (C=O) groups is 2. The van der Waals surface area contributed by atoms with Gasteiger partial charge in [0, 0.05) is 17.8 Å². The highest BCUT2D eigenvalue weighted by atomic mass is 32.2. The highest BCUT2D eigenvalue weighted by molar-refractivity contribution is 8.18. The Kier molecular flexibility index (Phi) is 4.24. The molecule has 2 aliphatic heterocycles. The van der Waals surface area contributed by atoms with Gasteiger partial charge in [0.25, 0.3) is 11.1 Å². The van der Waals surface area contributed by atoms with Gasteiger partial charge in [-0.15, -0.1) is 0 Å². The molecule has 0 bridgehead atoms. The van der Waals surface area contributed by atoms with Crippen molar-refractivity contribution in [3.05, 3.63) is 33.7 Å². The minimum absolute atomic E-state index is 0.140. The standard InChI is InChI=1S/C19H24N2O2S/c1-6-21-15-7-11(2)13(9-16-17(22)20-18(23)24-16)8-14(15)12(3)10-19(21,4)5/h7-9,12H,6,10H2,1-5H3,(H,20,22,23)/b16-9+/t12-/m1/s1. The Hall–Kier alpha value is -1.75. The second kappa shape index (κ2) is 5.96. The predicted molar refractivity (Wildman–Crippen MR) is 100 cm³/mol. The Morgan fingerprint density at radius 2 is 2.08 bits per heavy atom. The van der Waals surface area contributed by atoms with Gasteiger partial charge in [-0.25, -0.2) is 0 Å². The van der Waals surface area contributed by atoms with Crippen LogP contribution in [0.2, 0.25) is 0 Å². The zero-order valence-electron chi connectivity index (χ0n) is 14.9. The maximum absolute atomic E-state index is 11.8. The molecule has 4 nitrogen and oxygen atoms in total. The molecule has 1 atom stereocenters. The predicted octanol–water partition coefficient (Wildman–Crippen LogP) is 4.43. The number of nitrogens with zero attached hydrogens (tertiary/aromatic N) is 1. The van der Waals surface area contributed by atoms with E-state index in [4.69, 9.17) is 0 Å². The summed E-state index contributed by atoms with van der Waals surface area (Å²) in [6.45, 7) is 12.1. The van der Waals surface area contributed by atoms with Crippen molar-refractivity contribution in [2.24, 2.45) is 0 Å². The smallest absolute Gasteiger partial charge is 0.290 e. The lowest BCUT2D eigenvalue weighted by molar-refractivity contribution is -0.115. The second-order valence-electron chi connectivity index (χ2n) is 7.28. The van der Waals surface area contributed by atoms with Crippen LogP contribution in [0.1, 0.15) is 56.7 Å². The highest BCUT2D eigenvalue weighted by Crippen LogP contribution is 2.44. The van der Waals surface area contributed by atoms with Crippen molar-refractivity contribution in [1.29, 1.82) is 0 Å². The molecule has 2 aliphatic rings. The molecule has 24 heavy (non-hydrogen) atoms. The maximum Gasteiger partial charge on any atom is 0.290 e. The lowest BCUT2D eigenvalue weighted by Gasteiger charge is -2.47. The quantitative estimate of drug-likeness (QED) is 0.806. The van der Waals surface area contributed by atoms with E-state index in [1.54, 1.807) is 0 Å². The van der Waals surface area contributed by atoms with Crippen molar-refractivity contribution in [3.63, 3.8) is 0 Å². The fraction of sp³-hybridized carbons (Fsp3) is 0.474. The Labute approximate surface area is 147 Å². The number of amides is 2. The van der Waals surface area contributed by atoms with E-state index in [1.165, 1.54) is 11.3 Å². The summed E-state index contributed by atoms with van der Waals surface area (Å²) in [5.41, 5.74) is 4.89. The number of hydrogen-bond donors (Lipinski definition) is 1. The number of anilines is 1. The molecule has 1 aromatic carbocycles. The van der Waals surface area contributed by atoms with Crippen molar-refractivity contribution in [2.45, 2.75) is 52.5 Å². The normalized spacial score (nSPS) is 24.3. The van der Waals surface area contributed by atoms with E-state index < -0.39 is 0 Å². The first-order valence-electron chi connectivity index (χ1n) is 8.40. The van der Waals surface area contributed by atoms with Crippen LogP contribution in [0.15, 0.2) is 17.0 Å². The highest BCUT2D eigenvalue weighted by Gasteiger charge is 2.35. The van der Waals surface area contributed by atoms with Crippen molar-refractivity contribution in [1.82, 2.24) is 5.32 Å². The first-order valence-corrected chi connectivity index (χ1v) is 9.21. The molecule has 0 spiro atoms. The van der Waals surface area contributed by atoms with Gasteiger partial charge in [0.15, 0.2) is 0 Å². The van der Waals surface area contributed by atoms with Gasteiger partial charge < -0.3 is 4.90 Å². The number of hydrogen-bond acceptors (Lipinski definition) is 4. The molecule has 5 heteroatoms. The maximum atomic E-state index is 11.8. The molecule has 1 aromatic rings. The summed E-state index contributed by atoms with van der Waals surface area (Å²) in [6, 6.07) is 4.42. The van der Waals surface area contributed by atoms with Crippen LogP contribution in [-0.4, -0.2) is 23.2 Å². The van der Waals surface area contributed by atoms with Crippen molar-refractivity contribution < 1.29 is 9.59 Å². The van der Waals surface area contributed by atoms with E-state index >= 15 is 0 Å². The van der Waals surface area contributed by atoms with Gasteiger partial charge in [-0.3, -0.25) is 14.9 Å². The number of carbonyl (C=O) groups excluding carboxylic acids is 2. The number of rotatable bonds is 2. The Morgan fingerprint density at radius 1 is 1.38 bits per heavy atom. The first kappa shape index (κ1) is 17.1. The third kappa shape index (κ3) is 2.86. The Balaban J connectivity index is 2.08. The monoisotopic (exact) mass is 344 g/mol. The van der Waals surface area contributed by atoms with Crippen LogP contribution < -0.4 is 10.2 Å². The SMILES string of the molecule is CCN1c2cc(C)c(/C=C3/SC(=O)NC3=O)cc2[C@H](C)CC1(C)C. The third-order valence-corrected chi connectivity index (χ3v) is 5.83. The summed E-state index contributed by atoms with van der Waals surface area (Å²) in [4.78, 5) is 26.1. The minimum atomic E-state index is -0.300. The van der Waals surface area contributed by atoms with Crippen LogP contribution in [0.3, 0.4) is 0 Å². The average molecular weight is 344 g/mol. The molecule has 3 rings (SSSR count). The van der Waals surface area contributed by atoms with E-state index in [0.29, 0.717) is 10.8 Å². The molecule has 2 amide bonds. The largest absolute Gasteiger partial charge is 0.366 e. The number of benzene rings is 1. The average Bonchev–Trinajstić information content (AvgIpc) is 2.78. The number of imide groups is 1. The molecule has 1 fully saturated rings. The molecule has 0 radical (unpaired) electrons. The van der Waals surface area contributed by atoms with Crippen molar-refractivity contribution in [2.75, 3.05) is 11.4 Å². The van der Waals surface area contributed by atoms with Crippen LogP contribution in [-0.2, 0) is 4.79 Å². The van der Waals surface area contributed by atoms with Gasteiger partial charge in [0.2, 0.25) is 0 Å². The lowest BCUT2D eigenvalue weighted by atomic mass is 9.79. The van der Waals surface area contributed by atoms with Crippen LogP contribution in [0.5, 0.6) is 0 Å². The molecule has 0 unspecified atom stereocenters. The summed E-state index contributed by atoms with van der Waals surface area (Å²) >= 11 is 0.971. The van der Waals surface area contributed by atoms with E-state index in [0.717, 1.165) is 35.9 Å².